The molecule has 1 aromatic heterocycles. The Balaban J connectivity index is 1.68. The molecule has 1 aliphatic heterocycles. The monoisotopic (exact) mass is 275 g/mol. The van der Waals surface area contributed by atoms with Crippen molar-refractivity contribution in [2.45, 2.75) is 32.2 Å². The number of thiazole rings is 1. The van der Waals surface area contributed by atoms with Crippen molar-refractivity contribution in [1.29, 1.82) is 0 Å². The topological polar surface area (TPSA) is 28.2 Å². The van der Waals surface area contributed by atoms with Crippen LogP contribution >= 0.6 is 11.3 Å². The van der Waals surface area contributed by atoms with Crippen molar-refractivity contribution in [3.63, 3.8) is 0 Å². The molecule has 0 spiro atoms. The molecule has 1 unspecified atom stereocenters. The summed E-state index contributed by atoms with van der Waals surface area (Å²) in [5, 5.41) is 4.57. The fraction of sp³-hybridized carbons (Fsp3) is 0.533. The van der Waals surface area contributed by atoms with Gasteiger partial charge in [0, 0.05) is 12.6 Å². The molecule has 1 fully saturated rings. The van der Waals surface area contributed by atoms with E-state index in [-0.39, 0.29) is 0 Å². The van der Waals surface area contributed by atoms with Crippen LogP contribution in [0, 0.1) is 6.92 Å². The van der Waals surface area contributed by atoms with Gasteiger partial charge in [0.25, 0.3) is 0 Å². The Morgan fingerprint density at radius 3 is 3.16 bits per heavy atom. The second-order valence-electron chi connectivity index (χ2n) is 5.50. The molecule has 0 radical (unpaired) electrons. The number of hydrogen-bond acceptors (Lipinski definition) is 4. The Bertz CT molecular complexity index is 564. The highest BCUT2D eigenvalue weighted by Crippen LogP contribution is 2.27. The number of piperidine rings is 1. The van der Waals surface area contributed by atoms with Crippen molar-refractivity contribution in [3.8, 4) is 0 Å². The van der Waals surface area contributed by atoms with E-state index in [1.807, 2.05) is 0 Å². The molecule has 1 aromatic carbocycles. The molecule has 0 amide bonds. The van der Waals surface area contributed by atoms with E-state index in [0.717, 1.165) is 17.2 Å². The normalized spacial score (nSPS) is 20.8. The Morgan fingerprint density at radius 2 is 2.32 bits per heavy atom. The zero-order chi connectivity index (χ0) is 13.2. The zero-order valence-electron chi connectivity index (χ0n) is 11.6. The summed E-state index contributed by atoms with van der Waals surface area (Å²) in [6.45, 7) is 4.37. The highest BCUT2D eigenvalue weighted by Gasteiger charge is 2.18. The van der Waals surface area contributed by atoms with Gasteiger partial charge in [0.2, 0.25) is 0 Å². The number of anilines is 1. The minimum Gasteiger partial charge on any atom is -0.360 e. The van der Waals surface area contributed by atoms with Crippen molar-refractivity contribution in [1.82, 2.24) is 9.88 Å². The maximum absolute atomic E-state index is 4.65. The van der Waals surface area contributed by atoms with Crippen molar-refractivity contribution in [2.24, 2.45) is 0 Å². The van der Waals surface area contributed by atoms with Gasteiger partial charge >= 0.3 is 0 Å². The Kier molecular flexibility index (Phi) is 3.71. The zero-order valence-corrected chi connectivity index (χ0v) is 12.5. The number of aryl methyl sites for hydroxylation is 1. The van der Waals surface area contributed by atoms with Crippen molar-refractivity contribution < 1.29 is 0 Å². The molecule has 102 valence electrons. The fourth-order valence-corrected chi connectivity index (χ4v) is 3.69. The number of likely N-dealkylation sites (tertiary alicyclic amines) is 1. The molecule has 19 heavy (non-hydrogen) atoms. The van der Waals surface area contributed by atoms with Crippen LogP contribution in [0.2, 0.25) is 0 Å². The smallest absolute Gasteiger partial charge is 0.183 e. The highest BCUT2D eigenvalue weighted by atomic mass is 32.1. The first kappa shape index (κ1) is 12.9. The van der Waals surface area contributed by atoms with Gasteiger partial charge in [-0.15, -0.1) is 0 Å². The van der Waals surface area contributed by atoms with Gasteiger partial charge in [0.15, 0.2) is 5.13 Å². The number of rotatable bonds is 3. The lowest BCUT2D eigenvalue weighted by Gasteiger charge is -2.32. The molecule has 2 heterocycles. The summed E-state index contributed by atoms with van der Waals surface area (Å²) in [5.74, 6) is 0. The van der Waals surface area contributed by atoms with E-state index in [9.17, 15) is 0 Å². The summed E-state index contributed by atoms with van der Waals surface area (Å²) in [6, 6.07) is 7.10. The third-order valence-electron chi connectivity index (χ3n) is 3.95. The molecule has 0 aliphatic carbocycles. The molecule has 1 atom stereocenters. The molecule has 1 N–H and O–H groups in total. The predicted octanol–water partition coefficient (Wildman–Crippen LogP) is 3.50. The number of likely N-dealkylation sites (N-methyl/N-ethyl adjacent to an activating group) is 1. The Labute approximate surface area is 118 Å². The van der Waals surface area contributed by atoms with Gasteiger partial charge < -0.3 is 10.2 Å². The largest absolute Gasteiger partial charge is 0.360 e. The summed E-state index contributed by atoms with van der Waals surface area (Å²) in [6.07, 6.45) is 4.00. The molecule has 2 aromatic rings. The lowest BCUT2D eigenvalue weighted by molar-refractivity contribution is 0.194. The van der Waals surface area contributed by atoms with Gasteiger partial charge in [-0.25, -0.2) is 4.98 Å². The van der Waals surface area contributed by atoms with E-state index in [2.05, 4.69) is 47.4 Å². The van der Waals surface area contributed by atoms with Gasteiger partial charge in [-0.2, -0.15) is 0 Å². The number of fused-ring (bicyclic) bond motifs is 1. The van der Waals surface area contributed by atoms with Crippen LogP contribution in [0.4, 0.5) is 5.13 Å². The highest BCUT2D eigenvalue weighted by molar-refractivity contribution is 7.22. The van der Waals surface area contributed by atoms with Gasteiger partial charge in [0.05, 0.1) is 10.2 Å². The first-order chi connectivity index (χ1) is 9.22. The summed E-state index contributed by atoms with van der Waals surface area (Å²) in [5.41, 5.74) is 2.41. The van der Waals surface area contributed by atoms with Crippen LogP contribution in [0.1, 0.15) is 24.8 Å². The van der Waals surface area contributed by atoms with Crippen molar-refractivity contribution in [3.05, 3.63) is 23.8 Å². The second-order valence-corrected chi connectivity index (χ2v) is 6.53. The van der Waals surface area contributed by atoms with E-state index in [4.69, 9.17) is 0 Å². The lowest BCUT2D eigenvalue weighted by Crippen LogP contribution is -2.40. The number of nitrogens with zero attached hydrogens (tertiary/aromatic N) is 2. The first-order valence-corrected chi connectivity index (χ1v) is 7.85. The quantitative estimate of drug-likeness (QED) is 0.929. The minimum absolute atomic E-state index is 0.655. The molecule has 1 aliphatic rings. The van der Waals surface area contributed by atoms with Crippen LogP contribution in [-0.4, -0.2) is 36.1 Å². The predicted molar refractivity (Wildman–Crippen MR) is 83.1 cm³/mol. The van der Waals surface area contributed by atoms with Crippen LogP contribution in [0.3, 0.4) is 0 Å². The standard InChI is InChI=1S/C15H21N3S/c1-11-6-7-13-14(9-11)19-15(17-13)16-10-12-5-3-4-8-18(12)2/h6-7,9,12H,3-5,8,10H2,1-2H3,(H,16,17). The van der Waals surface area contributed by atoms with Crippen LogP contribution in [0.5, 0.6) is 0 Å². The Hall–Kier alpha value is -1.13. The molecule has 0 saturated carbocycles. The molecular weight excluding hydrogens is 254 g/mol. The van der Waals surface area contributed by atoms with E-state index in [1.54, 1.807) is 11.3 Å². The minimum atomic E-state index is 0.655. The Morgan fingerprint density at radius 1 is 1.42 bits per heavy atom. The number of nitrogens with one attached hydrogen (secondary N) is 1. The molecular formula is C15H21N3S. The third-order valence-corrected chi connectivity index (χ3v) is 4.93. The average Bonchev–Trinajstić information content (AvgIpc) is 2.79. The van der Waals surface area contributed by atoms with E-state index < -0.39 is 0 Å². The SMILES string of the molecule is Cc1ccc2nc(NCC3CCCCN3C)sc2c1. The molecule has 3 nitrogen and oxygen atoms in total. The van der Waals surface area contributed by atoms with E-state index in [1.165, 1.54) is 36.1 Å². The molecule has 0 bridgehead atoms. The molecule has 3 rings (SSSR count). The summed E-state index contributed by atoms with van der Waals surface area (Å²) >= 11 is 1.76. The maximum atomic E-state index is 4.65. The fourth-order valence-electron chi connectivity index (χ4n) is 2.71. The number of benzene rings is 1. The van der Waals surface area contributed by atoms with E-state index in [0.29, 0.717) is 6.04 Å². The van der Waals surface area contributed by atoms with Crippen molar-refractivity contribution in [2.75, 3.05) is 25.5 Å². The second kappa shape index (κ2) is 5.47. The maximum Gasteiger partial charge on any atom is 0.183 e. The van der Waals surface area contributed by atoms with Crippen LogP contribution in [0.25, 0.3) is 10.2 Å². The summed E-state index contributed by atoms with van der Waals surface area (Å²) in [4.78, 5) is 7.12. The lowest BCUT2D eigenvalue weighted by atomic mass is 10.0. The summed E-state index contributed by atoms with van der Waals surface area (Å²) < 4.78 is 1.28. The summed E-state index contributed by atoms with van der Waals surface area (Å²) in [7, 11) is 2.23. The number of hydrogen-bond donors (Lipinski definition) is 1. The van der Waals surface area contributed by atoms with Gasteiger partial charge in [0.1, 0.15) is 0 Å². The van der Waals surface area contributed by atoms with Gasteiger partial charge in [-0.05, 0) is 51.1 Å². The average molecular weight is 275 g/mol. The van der Waals surface area contributed by atoms with Gasteiger partial charge in [-0.1, -0.05) is 23.8 Å². The van der Waals surface area contributed by atoms with Crippen LogP contribution in [0.15, 0.2) is 18.2 Å². The third kappa shape index (κ3) is 2.90. The van der Waals surface area contributed by atoms with Crippen LogP contribution in [-0.2, 0) is 0 Å². The van der Waals surface area contributed by atoms with Crippen LogP contribution < -0.4 is 5.32 Å². The first-order valence-electron chi connectivity index (χ1n) is 7.04. The van der Waals surface area contributed by atoms with Crippen molar-refractivity contribution >= 4 is 26.7 Å². The molecule has 1 saturated heterocycles. The van der Waals surface area contributed by atoms with Gasteiger partial charge in [-0.3, -0.25) is 0 Å². The number of aromatic nitrogens is 1. The molecule has 4 heteroatoms. The van der Waals surface area contributed by atoms with E-state index >= 15 is 0 Å².